The standard InChI is InChI=1S/C9H13N5OS/c10-3-5-16-6-9(15)11-4-1-2-8-12-7-13-14-8/h7H,1-2,4-6H2,(H,11,15)(H,12,13,14). The maximum Gasteiger partial charge on any atom is 0.230 e. The van der Waals surface area contributed by atoms with Gasteiger partial charge in [0.2, 0.25) is 5.91 Å². The molecule has 6 nitrogen and oxygen atoms in total. The van der Waals surface area contributed by atoms with Crippen LogP contribution in [0, 0.1) is 11.3 Å². The minimum atomic E-state index is -0.0298. The van der Waals surface area contributed by atoms with E-state index in [0.29, 0.717) is 18.1 Å². The van der Waals surface area contributed by atoms with Crippen LogP contribution in [0.25, 0.3) is 0 Å². The molecule has 0 aromatic carbocycles. The van der Waals surface area contributed by atoms with Gasteiger partial charge in [-0.15, -0.1) is 11.8 Å². The third kappa shape index (κ3) is 5.36. The summed E-state index contributed by atoms with van der Waals surface area (Å²) in [6.07, 6.45) is 3.06. The summed E-state index contributed by atoms with van der Waals surface area (Å²) >= 11 is 1.32. The number of nitriles is 1. The Morgan fingerprint density at radius 1 is 1.69 bits per heavy atom. The molecular formula is C9H13N5OS. The molecule has 0 radical (unpaired) electrons. The number of hydrogen-bond donors (Lipinski definition) is 2. The smallest absolute Gasteiger partial charge is 0.230 e. The fraction of sp³-hybridized carbons (Fsp3) is 0.556. The first-order valence-electron chi connectivity index (χ1n) is 4.88. The highest BCUT2D eigenvalue weighted by Gasteiger charge is 2.01. The van der Waals surface area contributed by atoms with Gasteiger partial charge in [0.15, 0.2) is 0 Å². The third-order valence-electron chi connectivity index (χ3n) is 1.78. The summed E-state index contributed by atoms with van der Waals surface area (Å²) in [5.41, 5.74) is 0. The van der Waals surface area contributed by atoms with E-state index in [9.17, 15) is 4.79 Å². The molecule has 1 aromatic rings. The van der Waals surface area contributed by atoms with Crippen molar-refractivity contribution in [3.05, 3.63) is 12.2 Å². The number of hydrogen-bond acceptors (Lipinski definition) is 5. The highest BCUT2D eigenvalue weighted by molar-refractivity contribution is 8.00. The summed E-state index contributed by atoms with van der Waals surface area (Å²) in [6.45, 7) is 0.618. The molecule has 0 saturated heterocycles. The van der Waals surface area contributed by atoms with E-state index in [2.05, 4.69) is 20.5 Å². The highest BCUT2D eigenvalue weighted by Crippen LogP contribution is 1.97. The molecule has 1 amide bonds. The van der Waals surface area contributed by atoms with Gasteiger partial charge in [-0.3, -0.25) is 9.89 Å². The summed E-state index contributed by atoms with van der Waals surface area (Å²) in [5, 5.41) is 17.5. The Bertz CT molecular complexity index is 345. The number of aryl methyl sites for hydroxylation is 1. The minimum Gasteiger partial charge on any atom is -0.355 e. The van der Waals surface area contributed by atoms with Crippen LogP contribution < -0.4 is 5.32 Å². The molecule has 0 bridgehead atoms. The average Bonchev–Trinajstić information content (AvgIpc) is 2.78. The Kier molecular flexibility index (Phi) is 6.03. The Labute approximate surface area is 97.8 Å². The van der Waals surface area contributed by atoms with E-state index in [1.807, 2.05) is 6.07 Å². The first kappa shape index (κ1) is 12.5. The predicted octanol–water partition coefficient (Wildman–Crippen LogP) is 0.110. The van der Waals surface area contributed by atoms with Gasteiger partial charge in [0.1, 0.15) is 12.2 Å². The zero-order valence-corrected chi connectivity index (χ0v) is 9.59. The number of carbonyl (C=O) groups excluding carboxylic acids is 1. The summed E-state index contributed by atoms with van der Waals surface area (Å²) in [7, 11) is 0. The van der Waals surface area contributed by atoms with Crippen molar-refractivity contribution in [1.29, 1.82) is 5.26 Å². The Morgan fingerprint density at radius 3 is 3.25 bits per heavy atom. The predicted molar refractivity (Wildman–Crippen MR) is 60.7 cm³/mol. The normalized spacial score (nSPS) is 9.69. The van der Waals surface area contributed by atoms with Gasteiger partial charge in [0, 0.05) is 13.0 Å². The maximum atomic E-state index is 11.2. The Balaban J connectivity index is 1.98. The summed E-state index contributed by atoms with van der Waals surface area (Å²) in [6, 6.07) is 1.97. The zero-order chi connectivity index (χ0) is 11.6. The van der Waals surface area contributed by atoms with E-state index >= 15 is 0 Å². The molecule has 86 valence electrons. The molecule has 1 aromatic heterocycles. The van der Waals surface area contributed by atoms with E-state index in [1.165, 1.54) is 18.1 Å². The number of carbonyl (C=O) groups is 1. The number of nitrogens with one attached hydrogen (secondary N) is 2. The van der Waals surface area contributed by atoms with Crippen molar-refractivity contribution in [3.8, 4) is 6.07 Å². The van der Waals surface area contributed by atoms with Crippen molar-refractivity contribution in [1.82, 2.24) is 20.5 Å². The van der Waals surface area contributed by atoms with Crippen LogP contribution in [0.1, 0.15) is 12.2 Å². The number of aromatic amines is 1. The molecule has 0 fully saturated rings. The van der Waals surface area contributed by atoms with Gasteiger partial charge in [-0.1, -0.05) is 0 Å². The molecule has 0 atom stereocenters. The lowest BCUT2D eigenvalue weighted by Crippen LogP contribution is -2.26. The van der Waals surface area contributed by atoms with Gasteiger partial charge in [-0.2, -0.15) is 10.4 Å². The first-order chi connectivity index (χ1) is 7.83. The molecule has 0 aliphatic carbocycles. The van der Waals surface area contributed by atoms with Gasteiger partial charge in [-0.25, -0.2) is 4.98 Å². The summed E-state index contributed by atoms with van der Waals surface area (Å²) in [5.74, 6) is 1.49. The van der Waals surface area contributed by atoms with E-state index in [0.717, 1.165) is 18.7 Å². The second-order valence-electron chi connectivity index (χ2n) is 3.04. The van der Waals surface area contributed by atoms with Crippen molar-refractivity contribution in [2.75, 3.05) is 18.1 Å². The quantitative estimate of drug-likeness (QED) is 0.658. The van der Waals surface area contributed by atoms with Gasteiger partial charge in [0.25, 0.3) is 0 Å². The molecule has 1 heterocycles. The lowest BCUT2D eigenvalue weighted by atomic mass is 10.3. The van der Waals surface area contributed by atoms with E-state index < -0.39 is 0 Å². The highest BCUT2D eigenvalue weighted by atomic mass is 32.2. The second kappa shape index (κ2) is 7.70. The van der Waals surface area contributed by atoms with E-state index in [1.54, 1.807) is 0 Å². The topological polar surface area (TPSA) is 94.5 Å². The van der Waals surface area contributed by atoms with Crippen LogP contribution in [0.5, 0.6) is 0 Å². The summed E-state index contributed by atoms with van der Waals surface area (Å²) < 4.78 is 0. The number of aromatic nitrogens is 3. The maximum absolute atomic E-state index is 11.2. The van der Waals surface area contributed by atoms with Crippen molar-refractivity contribution < 1.29 is 4.79 Å². The van der Waals surface area contributed by atoms with Gasteiger partial charge in [-0.05, 0) is 6.42 Å². The number of H-pyrrole nitrogens is 1. The molecule has 2 N–H and O–H groups in total. The molecule has 0 saturated carbocycles. The largest absolute Gasteiger partial charge is 0.355 e. The van der Waals surface area contributed by atoms with Crippen molar-refractivity contribution in [2.45, 2.75) is 12.8 Å². The van der Waals surface area contributed by atoms with Crippen LogP contribution in [0.2, 0.25) is 0 Å². The summed E-state index contributed by atoms with van der Waals surface area (Å²) in [4.78, 5) is 15.2. The molecule has 1 rings (SSSR count). The first-order valence-corrected chi connectivity index (χ1v) is 6.04. The number of nitrogens with zero attached hydrogens (tertiary/aromatic N) is 3. The third-order valence-corrected chi connectivity index (χ3v) is 2.58. The van der Waals surface area contributed by atoms with Crippen molar-refractivity contribution >= 4 is 17.7 Å². The monoisotopic (exact) mass is 239 g/mol. The molecule has 7 heteroatoms. The number of thioether (sulfide) groups is 1. The molecule has 0 unspecified atom stereocenters. The molecule has 0 aliphatic heterocycles. The Hall–Kier alpha value is -1.55. The van der Waals surface area contributed by atoms with E-state index in [-0.39, 0.29) is 5.91 Å². The Morgan fingerprint density at radius 2 is 2.56 bits per heavy atom. The van der Waals surface area contributed by atoms with Crippen LogP contribution >= 0.6 is 11.8 Å². The molecular weight excluding hydrogens is 226 g/mol. The van der Waals surface area contributed by atoms with Gasteiger partial charge < -0.3 is 5.32 Å². The average molecular weight is 239 g/mol. The second-order valence-corrected chi connectivity index (χ2v) is 4.02. The van der Waals surface area contributed by atoms with Crippen molar-refractivity contribution in [3.63, 3.8) is 0 Å². The van der Waals surface area contributed by atoms with Crippen LogP contribution in [-0.2, 0) is 11.2 Å². The van der Waals surface area contributed by atoms with E-state index in [4.69, 9.17) is 5.26 Å². The SMILES string of the molecule is N#CCSCC(=O)NCCCc1ncn[nH]1. The van der Waals surface area contributed by atoms with Crippen LogP contribution in [0.3, 0.4) is 0 Å². The number of rotatable bonds is 7. The number of amides is 1. The lowest BCUT2D eigenvalue weighted by Gasteiger charge is -2.02. The van der Waals surface area contributed by atoms with Gasteiger partial charge >= 0.3 is 0 Å². The van der Waals surface area contributed by atoms with Crippen LogP contribution in [0.15, 0.2) is 6.33 Å². The van der Waals surface area contributed by atoms with Crippen molar-refractivity contribution in [2.24, 2.45) is 0 Å². The van der Waals surface area contributed by atoms with Crippen LogP contribution in [0.4, 0.5) is 0 Å². The van der Waals surface area contributed by atoms with Gasteiger partial charge in [0.05, 0.1) is 17.6 Å². The van der Waals surface area contributed by atoms with Crippen LogP contribution in [-0.4, -0.2) is 39.1 Å². The zero-order valence-electron chi connectivity index (χ0n) is 8.77. The lowest BCUT2D eigenvalue weighted by molar-refractivity contribution is -0.118. The molecule has 0 aliphatic rings. The fourth-order valence-corrected chi connectivity index (χ4v) is 1.56. The minimum absolute atomic E-state index is 0.0298. The fourth-order valence-electron chi connectivity index (χ4n) is 1.08. The molecule has 16 heavy (non-hydrogen) atoms. The molecule has 0 spiro atoms.